The van der Waals surface area contributed by atoms with E-state index >= 15 is 0 Å². The van der Waals surface area contributed by atoms with Gasteiger partial charge in [-0.15, -0.1) is 12.6 Å². The molecule has 0 bridgehead atoms. The number of rotatable bonds is 2. The molecule has 1 aliphatic heterocycles. The zero-order valence-corrected chi connectivity index (χ0v) is 12.7. The van der Waals surface area contributed by atoms with Crippen molar-refractivity contribution < 1.29 is 4.79 Å². The second kappa shape index (κ2) is 6.47. The van der Waals surface area contributed by atoms with Crippen LogP contribution in [0.4, 0.5) is 0 Å². The van der Waals surface area contributed by atoms with Crippen molar-refractivity contribution in [3.63, 3.8) is 0 Å². The molecule has 2 rings (SSSR count). The highest BCUT2D eigenvalue weighted by atomic mass is 32.1. The fraction of sp³-hybridized carbons (Fsp3) is 0.562. The highest BCUT2D eigenvalue weighted by Crippen LogP contribution is 2.26. The Bertz CT molecular complexity index is 444. The minimum Gasteiger partial charge on any atom is -0.339 e. The molecule has 0 aromatic heterocycles. The third-order valence-electron chi connectivity index (χ3n) is 4.14. The van der Waals surface area contributed by atoms with Crippen molar-refractivity contribution in [2.45, 2.75) is 38.0 Å². The first-order valence-corrected chi connectivity index (χ1v) is 7.61. The minimum atomic E-state index is 0.134. The van der Waals surface area contributed by atoms with E-state index in [-0.39, 0.29) is 5.91 Å². The molecule has 19 heavy (non-hydrogen) atoms. The summed E-state index contributed by atoms with van der Waals surface area (Å²) in [6, 6.07) is 7.57. The van der Waals surface area contributed by atoms with E-state index in [4.69, 9.17) is 0 Å². The predicted octanol–water partition coefficient (Wildman–Crippen LogP) is 3.87. The van der Waals surface area contributed by atoms with Gasteiger partial charge < -0.3 is 4.90 Å². The smallest absolute Gasteiger partial charge is 0.254 e. The Morgan fingerprint density at radius 2 is 2.00 bits per heavy atom. The summed E-state index contributed by atoms with van der Waals surface area (Å²) in [6.45, 7) is 6.32. The summed E-state index contributed by atoms with van der Waals surface area (Å²) >= 11 is 4.39. The van der Waals surface area contributed by atoms with Gasteiger partial charge in [0, 0.05) is 18.0 Å². The molecule has 1 unspecified atom stereocenters. The average molecular weight is 277 g/mol. The molecule has 1 heterocycles. The molecule has 0 aliphatic carbocycles. The molecular formula is C16H23NOS. The molecule has 1 amide bonds. The maximum absolute atomic E-state index is 12.5. The summed E-state index contributed by atoms with van der Waals surface area (Å²) in [5.74, 6) is 1.60. The van der Waals surface area contributed by atoms with Crippen LogP contribution in [-0.2, 0) is 0 Å². The third-order valence-corrected chi connectivity index (χ3v) is 4.53. The van der Waals surface area contributed by atoms with Gasteiger partial charge in [0.1, 0.15) is 0 Å². The van der Waals surface area contributed by atoms with Gasteiger partial charge in [0.2, 0.25) is 0 Å². The molecule has 0 N–H and O–H groups in total. The van der Waals surface area contributed by atoms with Crippen molar-refractivity contribution in [1.82, 2.24) is 4.90 Å². The summed E-state index contributed by atoms with van der Waals surface area (Å²) in [6.07, 6.45) is 3.48. The largest absolute Gasteiger partial charge is 0.339 e. The standard InChI is InChI=1S/C16H23NOS/c1-12(2)13-6-5-10-17(11-9-13)16(18)14-7-3-4-8-15(14)19/h3-4,7-8,12-13,19H,5-6,9-11H2,1-2H3. The molecule has 1 aromatic rings. The van der Waals surface area contributed by atoms with Gasteiger partial charge in [0.15, 0.2) is 0 Å². The van der Waals surface area contributed by atoms with Crippen LogP contribution < -0.4 is 0 Å². The molecule has 0 saturated carbocycles. The molecule has 3 heteroatoms. The van der Waals surface area contributed by atoms with Crippen LogP contribution in [0.15, 0.2) is 29.2 Å². The van der Waals surface area contributed by atoms with Gasteiger partial charge in [-0.25, -0.2) is 0 Å². The van der Waals surface area contributed by atoms with E-state index in [9.17, 15) is 4.79 Å². The summed E-state index contributed by atoms with van der Waals surface area (Å²) in [4.78, 5) is 15.3. The molecule has 104 valence electrons. The van der Waals surface area contributed by atoms with E-state index < -0.39 is 0 Å². The summed E-state index contributed by atoms with van der Waals surface area (Å²) < 4.78 is 0. The van der Waals surface area contributed by atoms with E-state index in [2.05, 4.69) is 26.5 Å². The van der Waals surface area contributed by atoms with Gasteiger partial charge in [-0.05, 0) is 43.2 Å². The average Bonchev–Trinajstić information content (AvgIpc) is 2.64. The highest BCUT2D eigenvalue weighted by molar-refractivity contribution is 7.80. The second-order valence-electron chi connectivity index (χ2n) is 5.74. The van der Waals surface area contributed by atoms with Crippen LogP contribution >= 0.6 is 12.6 Å². The first-order valence-electron chi connectivity index (χ1n) is 7.17. The van der Waals surface area contributed by atoms with Crippen LogP contribution in [-0.4, -0.2) is 23.9 Å². The lowest BCUT2D eigenvalue weighted by Gasteiger charge is -2.22. The molecule has 1 aliphatic rings. The van der Waals surface area contributed by atoms with Crippen LogP contribution in [0.25, 0.3) is 0 Å². The van der Waals surface area contributed by atoms with Crippen LogP contribution in [0.1, 0.15) is 43.5 Å². The van der Waals surface area contributed by atoms with Crippen molar-refractivity contribution >= 4 is 18.5 Å². The Morgan fingerprint density at radius 3 is 2.68 bits per heavy atom. The molecule has 0 spiro atoms. The summed E-state index contributed by atoms with van der Waals surface area (Å²) in [7, 11) is 0. The maximum Gasteiger partial charge on any atom is 0.254 e. The lowest BCUT2D eigenvalue weighted by Crippen LogP contribution is -2.32. The molecule has 1 fully saturated rings. The third kappa shape index (κ3) is 3.53. The van der Waals surface area contributed by atoms with E-state index in [0.717, 1.165) is 42.3 Å². The molecular weight excluding hydrogens is 254 g/mol. The van der Waals surface area contributed by atoms with E-state index in [0.29, 0.717) is 5.92 Å². The molecule has 2 nitrogen and oxygen atoms in total. The number of nitrogens with zero attached hydrogens (tertiary/aromatic N) is 1. The first-order chi connectivity index (χ1) is 9.09. The Hall–Kier alpha value is -0.960. The van der Waals surface area contributed by atoms with Crippen LogP contribution in [0.5, 0.6) is 0 Å². The monoisotopic (exact) mass is 277 g/mol. The fourth-order valence-corrected chi connectivity index (χ4v) is 3.07. The highest BCUT2D eigenvalue weighted by Gasteiger charge is 2.23. The lowest BCUT2D eigenvalue weighted by atomic mass is 9.89. The Kier molecular flexibility index (Phi) is 4.92. The van der Waals surface area contributed by atoms with E-state index in [1.54, 1.807) is 0 Å². The summed E-state index contributed by atoms with van der Waals surface area (Å²) in [5, 5.41) is 0. The number of likely N-dealkylation sites (tertiary alicyclic amines) is 1. The van der Waals surface area contributed by atoms with Crippen molar-refractivity contribution in [2.75, 3.05) is 13.1 Å². The molecule has 1 saturated heterocycles. The van der Waals surface area contributed by atoms with E-state index in [1.807, 2.05) is 29.2 Å². The normalized spacial score (nSPS) is 20.4. The zero-order valence-electron chi connectivity index (χ0n) is 11.8. The van der Waals surface area contributed by atoms with Gasteiger partial charge >= 0.3 is 0 Å². The van der Waals surface area contributed by atoms with Gasteiger partial charge in [-0.1, -0.05) is 26.0 Å². The molecule has 1 atom stereocenters. The van der Waals surface area contributed by atoms with Crippen molar-refractivity contribution in [2.24, 2.45) is 11.8 Å². The van der Waals surface area contributed by atoms with Crippen LogP contribution in [0.3, 0.4) is 0 Å². The van der Waals surface area contributed by atoms with Crippen molar-refractivity contribution in [3.8, 4) is 0 Å². The number of hydrogen-bond donors (Lipinski definition) is 1. The minimum absolute atomic E-state index is 0.134. The van der Waals surface area contributed by atoms with Gasteiger partial charge in [0.25, 0.3) is 5.91 Å². The summed E-state index contributed by atoms with van der Waals surface area (Å²) in [5.41, 5.74) is 0.730. The zero-order chi connectivity index (χ0) is 13.8. The maximum atomic E-state index is 12.5. The van der Waals surface area contributed by atoms with Gasteiger partial charge in [-0.2, -0.15) is 0 Å². The number of thiol groups is 1. The number of hydrogen-bond acceptors (Lipinski definition) is 2. The topological polar surface area (TPSA) is 20.3 Å². The van der Waals surface area contributed by atoms with Crippen molar-refractivity contribution in [3.05, 3.63) is 29.8 Å². The lowest BCUT2D eigenvalue weighted by molar-refractivity contribution is 0.0755. The fourth-order valence-electron chi connectivity index (χ4n) is 2.82. The first kappa shape index (κ1) is 14.4. The molecule has 0 radical (unpaired) electrons. The Morgan fingerprint density at radius 1 is 1.26 bits per heavy atom. The SMILES string of the molecule is CC(C)C1CCCN(C(=O)c2ccccc2S)CC1. The Labute approximate surface area is 121 Å². The van der Waals surface area contributed by atoms with Gasteiger partial charge in [0.05, 0.1) is 5.56 Å². The predicted molar refractivity (Wildman–Crippen MR) is 81.8 cm³/mol. The number of carbonyl (C=O) groups is 1. The number of amides is 1. The van der Waals surface area contributed by atoms with E-state index in [1.165, 1.54) is 6.42 Å². The number of benzene rings is 1. The van der Waals surface area contributed by atoms with Crippen molar-refractivity contribution in [1.29, 1.82) is 0 Å². The number of carbonyl (C=O) groups excluding carboxylic acids is 1. The van der Waals surface area contributed by atoms with Crippen LogP contribution in [0.2, 0.25) is 0 Å². The second-order valence-corrected chi connectivity index (χ2v) is 6.23. The van der Waals surface area contributed by atoms with Gasteiger partial charge in [-0.3, -0.25) is 4.79 Å². The van der Waals surface area contributed by atoms with Crippen LogP contribution in [0, 0.1) is 11.8 Å². The molecule has 1 aromatic carbocycles. The Balaban J connectivity index is 2.06. The quantitative estimate of drug-likeness (QED) is 0.814.